The van der Waals surface area contributed by atoms with Crippen LogP contribution in [0.15, 0.2) is 24.3 Å². The largest absolute Gasteiger partial charge is 0.481 e. The lowest BCUT2D eigenvalue weighted by molar-refractivity contribution is -0.137. The van der Waals surface area contributed by atoms with E-state index in [0.717, 1.165) is 38.4 Å². The molecule has 1 aromatic carbocycles. The van der Waals surface area contributed by atoms with Gasteiger partial charge in [-0.1, -0.05) is 32.9 Å². The van der Waals surface area contributed by atoms with Crippen LogP contribution in [0.4, 0.5) is 0 Å². The highest BCUT2D eigenvalue weighted by Gasteiger charge is 2.34. The van der Waals surface area contributed by atoms with Gasteiger partial charge >= 0.3 is 5.97 Å². The minimum atomic E-state index is -0.994. The SMILES string of the molecule is CC(C)(Oc1cccc(CCC(=O)O)c1)C(=O)NC1CCC(C(C)(C)C)CC1.CO. The Morgan fingerprint density at radius 2 is 1.67 bits per heavy atom. The number of amides is 1. The Labute approximate surface area is 181 Å². The maximum Gasteiger partial charge on any atom is 0.303 e. The second-order valence-electron chi connectivity index (χ2n) is 9.54. The molecule has 1 saturated carbocycles. The topological polar surface area (TPSA) is 95.9 Å². The van der Waals surface area contributed by atoms with E-state index in [9.17, 15) is 9.59 Å². The summed E-state index contributed by atoms with van der Waals surface area (Å²) < 4.78 is 5.97. The Bertz CT molecular complexity index is 685. The Hall–Kier alpha value is -2.08. The van der Waals surface area contributed by atoms with Gasteiger partial charge in [0.15, 0.2) is 5.60 Å². The first-order valence-electron chi connectivity index (χ1n) is 10.7. The predicted octanol–water partition coefficient (Wildman–Crippen LogP) is 4.19. The van der Waals surface area contributed by atoms with Crippen molar-refractivity contribution in [3.05, 3.63) is 29.8 Å². The number of hydrogen-bond acceptors (Lipinski definition) is 4. The molecule has 0 spiro atoms. The lowest BCUT2D eigenvalue weighted by Gasteiger charge is -2.38. The van der Waals surface area contributed by atoms with Crippen molar-refractivity contribution < 1.29 is 24.5 Å². The fourth-order valence-electron chi connectivity index (χ4n) is 3.82. The van der Waals surface area contributed by atoms with Crippen LogP contribution < -0.4 is 10.1 Å². The monoisotopic (exact) mass is 421 g/mol. The van der Waals surface area contributed by atoms with E-state index < -0.39 is 11.6 Å². The van der Waals surface area contributed by atoms with Crippen molar-refractivity contribution in [2.75, 3.05) is 7.11 Å². The number of carboxylic acids is 1. The summed E-state index contributed by atoms with van der Waals surface area (Å²) in [6, 6.07) is 7.52. The van der Waals surface area contributed by atoms with E-state index in [-0.39, 0.29) is 18.4 Å². The van der Waals surface area contributed by atoms with E-state index >= 15 is 0 Å². The highest BCUT2D eigenvalue weighted by atomic mass is 16.5. The number of carboxylic acid groups (broad SMARTS) is 1. The van der Waals surface area contributed by atoms with E-state index in [4.69, 9.17) is 14.9 Å². The first kappa shape index (κ1) is 26.0. The molecule has 1 aliphatic rings. The molecule has 0 atom stereocenters. The fourth-order valence-corrected chi connectivity index (χ4v) is 3.82. The number of carbonyl (C=O) groups excluding carboxylic acids is 1. The lowest BCUT2D eigenvalue weighted by Crippen LogP contribution is -2.51. The van der Waals surface area contributed by atoms with Crippen LogP contribution in [0.5, 0.6) is 5.75 Å². The molecule has 30 heavy (non-hydrogen) atoms. The zero-order valence-corrected chi connectivity index (χ0v) is 19.3. The van der Waals surface area contributed by atoms with Crippen molar-refractivity contribution >= 4 is 11.9 Å². The molecule has 0 heterocycles. The number of ether oxygens (including phenoxy) is 1. The summed E-state index contributed by atoms with van der Waals surface area (Å²) in [6.07, 6.45) is 4.81. The second-order valence-corrected chi connectivity index (χ2v) is 9.54. The van der Waals surface area contributed by atoms with Gasteiger partial charge in [0.05, 0.1) is 0 Å². The van der Waals surface area contributed by atoms with Gasteiger partial charge in [-0.2, -0.15) is 0 Å². The molecule has 1 aromatic rings. The number of aliphatic hydroxyl groups excluding tert-OH is 1. The van der Waals surface area contributed by atoms with Gasteiger partial charge in [-0.25, -0.2) is 0 Å². The van der Waals surface area contributed by atoms with Crippen LogP contribution >= 0.6 is 0 Å². The van der Waals surface area contributed by atoms with E-state index in [1.807, 2.05) is 18.2 Å². The summed E-state index contributed by atoms with van der Waals surface area (Å²) >= 11 is 0. The number of aliphatic hydroxyl groups is 1. The van der Waals surface area contributed by atoms with Gasteiger partial charge in [0.1, 0.15) is 5.75 Å². The maximum absolute atomic E-state index is 12.8. The number of benzene rings is 1. The quantitative estimate of drug-likeness (QED) is 0.613. The fraction of sp³-hybridized carbons (Fsp3) is 0.667. The van der Waals surface area contributed by atoms with E-state index in [1.54, 1.807) is 19.9 Å². The number of aliphatic carboxylic acids is 1. The van der Waals surface area contributed by atoms with Crippen molar-refractivity contribution in [1.29, 1.82) is 0 Å². The minimum Gasteiger partial charge on any atom is -0.481 e. The van der Waals surface area contributed by atoms with Crippen LogP contribution in [0.1, 0.15) is 72.3 Å². The molecule has 0 aromatic heterocycles. The molecule has 170 valence electrons. The molecular weight excluding hydrogens is 382 g/mol. The number of nitrogens with one attached hydrogen (secondary N) is 1. The van der Waals surface area contributed by atoms with Crippen LogP contribution in [-0.4, -0.2) is 40.8 Å². The molecule has 1 amide bonds. The Morgan fingerprint density at radius 1 is 1.07 bits per heavy atom. The molecule has 1 fully saturated rings. The molecule has 0 saturated heterocycles. The average molecular weight is 422 g/mol. The van der Waals surface area contributed by atoms with Gasteiger partial charge in [0, 0.05) is 19.6 Å². The van der Waals surface area contributed by atoms with Gasteiger partial charge in [-0.15, -0.1) is 0 Å². The van der Waals surface area contributed by atoms with Crippen LogP contribution in [0.2, 0.25) is 0 Å². The number of aryl methyl sites for hydroxylation is 1. The minimum absolute atomic E-state index is 0.0740. The smallest absolute Gasteiger partial charge is 0.303 e. The zero-order valence-electron chi connectivity index (χ0n) is 19.3. The van der Waals surface area contributed by atoms with Gasteiger partial charge in [0.2, 0.25) is 0 Å². The van der Waals surface area contributed by atoms with Crippen molar-refractivity contribution in [3.63, 3.8) is 0 Å². The molecule has 0 bridgehead atoms. The van der Waals surface area contributed by atoms with Gasteiger partial charge in [-0.05, 0) is 75.0 Å². The second kappa shape index (κ2) is 11.3. The van der Waals surface area contributed by atoms with Crippen molar-refractivity contribution in [3.8, 4) is 5.75 Å². The lowest BCUT2D eigenvalue weighted by atomic mass is 9.71. The molecule has 2 rings (SSSR count). The molecule has 6 nitrogen and oxygen atoms in total. The summed E-state index contributed by atoms with van der Waals surface area (Å²) in [7, 11) is 1.00. The summed E-state index contributed by atoms with van der Waals surface area (Å²) in [5.74, 6) is 0.354. The van der Waals surface area contributed by atoms with Crippen LogP contribution in [0.25, 0.3) is 0 Å². The highest BCUT2D eigenvalue weighted by Crippen LogP contribution is 2.37. The Balaban J connectivity index is 0.00000218. The Kier molecular flexibility index (Phi) is 9.82. The summed E-state index contributed by atoms with van der Waals surface area (Å²) in [6.45, 7) is 10.4. The molecule has 0 radical (unpaired) electrons. The number of rotatable bonds is 7. The summed E-state index contributed by atoms with van der Waals surface area (Å²) in [5, 5.41) is 19.0. The normalized spacial score (nSPS) is 19.3. The zero-order chi connectivity index (χ0) is 22.9. The van der Waals surface area contributed by atoms with E-state index in [0.29, 0.717) is 23.5 Å². The summed E-state index contributed by atoms with van der Waals surface area (Å²) in [4.78, 5) is 23.6. The summed E-state index contributed by atoms with van der Waals surface area (Å²) in [5.41, 5.74) is 0.214. The van der Waals surface area contributed by atoms with Gasteiger partial charge in [0.25, 0.3) is 5.91 Å². The number of hydrogen-bond donors (Lipinski definition) is 3. The number of carbonyl (C=O) groups is 2. The third-order valence-corrected chi connectivity index (χ3v) is 5.73. The average Bonchev–Trinajstić information content (AvgIpc) is 2.67. The third-order valence-electron chi connectivity index (χ3n) is 5.73. The first-order chi connectivity index (χ1) is 14.0. The maximum atomic E-state index is 12.8. The van der Waals surface area contributed by atoms with Crippen molar-refractivity contribution in [1.82, 2.24) is 5.32 Å². The van der Waals surface area contributed by atoms with Crippen molar-refractivity contribution in [2.45, 2.75) is 84.8 Å². The molecule has 0 aliphatic heterocycles. The van der Waals surface area contributed by atoms with Gasteiger partial charge in [-0.3, -0.25) is 9.59 Å². The molecule has 3 N–H and O–H groups in total. The van der Waals surface area contributed by atoms with Gasteiger partial charge < -0.3 is 20.3 Å². The Morgan fingerprint density at radius 3 is 2.20 bits per heavy atom. The first-order valence-corrected chi connectivity index (χ1v) is 10.7. The molecule has 0 unspecified atom stereocenters. The van der Waals surface area contributed by atoms with Crippen molar-refractivity contribution in [2.24, 2.45) is 11.3 Å². The molecule has 6 heteroatoms. The van der Waals surface area contributed by atoms with Crippen LogP contribution in [-0.2, 0) is 16.0 Å². The predicted molar refractivity (Wildman–Crippen MR) is 119 cm³/mol. The third kappa shape index (κ3) is 8.34. The van der Waals surface area contributed by atoms with Crippen LogP contribution in [0.3, 0.4) is 0 Å². The molecular formula is C24H39NO5. The van der Waals surface area contributed by atoms with E-state index in [2.05, 4.69) is 26.1 Å². The van der Waals surface area contributed by atoms with Crippen LogP contribution in [0, 0.1) is 11.3 Å². The molecule has 1 aliphatic carbocycles. The van der Waals surface area contributed by atoms with E-state index in [1.165, 1.54) is 0 Å². The highest BCUT2D eigenvalue weighted by molar-refractivity contribution is 5.85. The standard InChI is InChI=1S/C23H35NO4.CH4O/c1-22(2,3)17-10-12-18(13-11-17)24-21(27)23(4,5)28-19-8-6-7-16(15-19)9-14-20(25)26;1-2/h6-8,15,17-18H,9-14H2,1-5H3,(H,24,27)(H,25,26);2H,1H3.